The maximum Gasteiger partial charge on any atom is 0.160 e. The van der Waals surface area contributed by atoms with E-state index in [2.05, 4.69) is 5.32 Å². The van der Waals surface area contributed by atoms with Crippen LogP contribution in [0.3, 0.4) is 0 Å². The van der Waals surface area contributed by atoms with Crippen molar-refractivity contribution in [3.63, 3.8) is 0 Å². The highest BCUT2D eigenvalue weighted by atomic mass is 35.5. The third kappa shape index (κ3) is 3.17. The molecule has 1 N–H and O–H groups in total. The van der Waals surface area contributed by atoms with Crippen molar-refractivity contribution in [3.05, 3.63) is 63.6 Å². The molecule has 0 saturated heterocycles. The van der Waals surface area contributed by atoms with Gasteiger partial charge in [-0.2, -0.15) is 0 Å². The predicted octanol–water partition coefficient (Wildman–Crippen LogP) is 5.44. The molecule has 1 unspecified atom stereocenters. The van der Waals surface area contributed by atoms with E-state index >= 15 is 0 Å². The zero-order chi connectivity index (χ0) is 14.0. The molecule has 1 atom stereocenters. The number of anilines is 1. The third-order valence-electron chi connectivity index (χ3n) is 2.74. The Hall–Kier alpha value is -1.32. The van der Waals surface area contributed by atoms with Crippen molar-refractivity contribution < 1.29 is 8.78 Å². The second-order valence-electron chi connectivity index (χ2n) is 4.14. The van der Waals surface area contributed by atoms with Crippen molar-refractivity contribution in [1.29, 1.82) is 0 Å². The normalized spacial score (nSPS) is 12.3. The number of hydrogen-bond acceptors (Lipinski definition) is 1. The molecule has 0 aliphatic carbocycles. The van der Waals surface area contributed by atoms with Crippen LogP contribution in [0.2, 0.25) is 10.0 Å². The van der Waals surface area contributed by atoms with Gasteiger partial charge in [-0.1, -0.05) is 41.4 Å². The molecule has 0 aliphatic rings. The summed E-state index contributed by atoms with van der Waals surface area (Å²) in [5.74, 6) is -0.964. The van der Waals surface area contributed by atoms with E-state index in [0.717, 1.165) is 0 Å². The van der Waals surface area contributed by atoms with Crippen molar-refractivity contribution >= 4 is 28.9 Å². The van der Waals surface area contributed by atoms with E-state index in [4.69, 9.17) is 23.2 Å². The molecule has 5 heteroatoms. The molecule has 19 heavy (non-hydrogen) atoms. The minimum absolute atomic E-state index is 0.0734. The van der Waals surface area contributed by atoms with Gasteiger partial charge in [-0.3, -0.25) is 0 Å². The van der Waals surface area contributed by atoms with Gasteiger partial charge >= 0.3 is 0 Å². The summed E-state index contributed by atoms with van der Waals surface area (Å²) < 4.78 is 26.9. The molecule has 0 amide bonds. The quantitative estimate of drug-likeness (QED) is 0.744. The second-order valence-corrected chi connectivity index (χ2v) is 4.96. The molecule has 0 spiro atoms. The van der Waals surface area contributed by atoms with Gasteiger partial charge in [-0.05, 0) is 25.1 Å². The summed E-state index contributed by atoms with van der Waals surface area (Å²) in [7, 11) is 0. The van der Waals surface area contributed by atoms with Crippen LogP contribution in [-0.2, 0) is 0 Å². The van der Waals surface area contributed by atoms with Crippen LogP contribution in [0, 0.1) is 11.6 Å². The van der Waals surface area contributed by atoms with Crippen LogP contribution >= 0.6 is 23.2 Å². The van der Waals surface area contributed by atoms with E-state index in [1.54, 1.807) is 25.1 Å². The van der Waals surface area contributed by atoms with Gasteiger partial charge in [0.1, 0.15) is 5.82 Å². The van der Waals surface area contributed by atoms with Gasteiger partial charge in [0.05, 0.1) is 16.1 Å². The van der Waals surface area contributed by atoms with E-state index in [0.29, 0.717) is 11.3 Å². The number of halogens is 4. The van der Waals surface area contributed by atoms with Crippen LogP contribution in [0.25, 0.3) is 0 Å². The van der Waals surface area contributed by atoms with Crippen LogP contribution < -0.4 is 5.32 Å². The fraction of sp³-hybridized carbons (Fsp3) is 0.143. The van der Waals surface area contributed by atoms with Gasteiger partial charge in [0.2, 0.25) is 0 Å². The molecule has 1 nitrogen and oxygen atoms in total. The van der Waals surface area contributed by atoms with Crippen molar-refractivity contribution in [2.24, 2.45) is 0 Å². The lowest BCUT2D eigenvalue weighted by atomic mass is 10.1. The Bertz CT molecular complexity index is 579. The number of hydrogen-bond donors (Lipinski definition) is 1. The molecule has 0 heterocycles. The summed E-state index contributed by atoms with van der Waals surface area (Å²) in [4.78, 5) is 0. The highest BCUT2D eigenvalue weighted by molar-refractivity contribution is 6.35. The lowest BCUT2D eigenvalue weighted by molar-refractivity contribution is 0.600. The van der Waals surface area contributed by atoms with E-state index in [-0.39, 0.29) is 21.9 Å². The Morgan fingerprint density at radius 3 is 2.21 bits per heavy atom. The average Bonchev–Trinajstić information content (AvgIpc) is 2.36. The van der Waals surface area contributed by atoms with Gasteiger partial charge < -0.3 is 5.32 Å². The van der Waals surface area contributed by atoms with E-state index in [9.17, 15) is 8.78 Å². The van der Waals surface area contributed by atoms with Gasteiger partial charge in [0.25, 0.3) is 0 Å². The molecule has 0 radical (unpaired) electrons. The maximum atomic E-state index is 13.6. The molecule has 0 aliphatic heterocycles. The first-order valence-corrected chi connectivity index (χ1v) is 6.40. The fourth-order valence-electron chi connectivity index (χ4n) is 1.79. The van der Waals surface area contributed by atoms with Crippen LogP contribution in [0.15, 0.2) is 36.4 Å². The Balaban J connectivity index is 2.24. The summed E-state index contributed by atoms with van der Waals surface area (Å²) in [6, 6.07) is 8.98. The second kappa shape index (κ2) is 5.76. The Labute approximate surface area is 120 Å². The van der Waals surface area contributed by atoms with Crippen molar-refractivity contribution in [2.75, 3.05) is 5.32 Å². The SMILES string of the molecule is CC(Nc1cc(Cl)c(F)c(Cl)c1)c1ccccc1F. The van der Waals surface area contributed by atoms with Crippen molar-refractivity contribution in [3.8, 4) is 0 Å². The number of rotatable bonds is 3. The van der Waals surface area contributed by atoms with Crippen LogP contribution in [0.5, 0.6) is 0 Å². The minimum Gasteiger partial charge on any atom is -0.378 e. The largest absolute Gasteiger partial charge is 0.378 e. The zero-order valence-corrected chi connectivity index (χ0v) is 11.6. The summed E-state index contributed by atoms with van der Waals surface area (Å²) >= 11 is 11.4. The summed E-state index contributed by atoms with van der Waals surface area (Å²) in [6.45, 7) is 1.80. The van der Waals surface area contributed by atoms with E-state index in [1.165, 1.54) is 18.2 Å². The van der Waals surface area contributed by atoms with Gasteiger partial charge in [-0.25, -0.2) is 8.78 Å². The van der Waals surface area contributed by atoms with Crippen LogP contribution in [0.4, 0.5) is 14.5 Å². The molecular formula is C14H11Cl2F2N. The smallest absolute Gasteiger partial charge is 0.160 e. The monoisotopic (exact) mass is 301 g/mol. The first-order chi connectivity index (χ1) is 8.99. The standard InChI is InChI=1S/C14H11Cl2F2N/c1-8(10-4-2-3-5-13(10)17)19-9-6-11(15)14(18)12(16)7-9/h2-8,19H,1H3. The van der Waals surface area contributed by atoms with Gasteiger partial charge in [-0.15, -0.1) is 0 Å². The molecule has 2 rings (SSSR count). The topological polar surface area (TPSA) is 12.0 Å². The average molecular weight is 302 g/mol. The van der Waals surface area contributed by atoms with E-state index < -0.39 is 5.82 Å². The van der Waals surface area contributed by atoms with Crippen LogP contribution in [0.1, 0.15) is 18.5 Å². The first-order valence-electron chi connectivity index (χ1n) is 5.64. The fourth-order valence-corrected chi connectivity index (χ4v) is 2.28. The summed E-state index contributed by atoms with van der Waals surface area (Å²) in [6.07, 6.45) is 0. The third-order valence-corrected chi connectivity index (χ3v) is 3.29. The predicted molar refractivity (Wildman–Crippen MR) is 74.9 cm³/mol. The molecular weight excluding hydrogens is 291 g/mol. The maximum absolute atomic E-state index is 13.6. The van der Waals surface area contributed by atoms with Gasteiger partial charge in [0, 0.05) is 11.3 Å². The lowest BCUT2D eigenvalue weighted by Crippen LogP contribution is -2.08. The highest BCUT2D eigenvalue weighted by Gasteiger charge is 2.12. The first kappa shape index (κ1) is 14.1. The Morgan fingerprint density at radius 1 is 1.05 bits per heavy atom. The zero-order valence-electron chi connectivity index (χ0n) is 10.1. The highest BCUT2D eigenvalue weighted by Crippen LogP contribution is 2.29. The molecule has 0 aromatic heterocycles. The van der Waals surface area contributed by atoms with Crippen LogP contribution in [-0.4, -0.2) is 0 Å². The van der Waals surface area contributed by atoms with Crippen molar-refractivity contribution in [2.45, 2.75) is 13.0 Å². The molecule has 0 saturated carbocycles. The number of benzene rings is 2. The lowest BCUT2D eigenvalue weighted by Gasteiger charge is -2.17. The Morgan fingerprint density at radius 2 is 1.63 bits per heavy atom. The van der Waals surface area contributed by atoms with Crippen molar-refractivity contribution in [1.82, 2.24) is 0 Å². The summed E-state index contributed by atoms with van der Waals surface area (Å²) in [5.41, 5.74) is 1.05. The summed E-state index contributed by atoms with van der Waals surface area (Å²) in [5, 5.41) is 2.89. The molecule has 2 aromatic rings. The molecule has 0 fully saturated rings. The van der Waals surface area contributed by atoms with E-state index in [1.807, 2.05) is 0 Å². The Kier molecular flexibility index (Phi) is 4.27. The minimum atomic E-state index is -0.660. The van der Waals surface area contributed by atoms with Gasteiger partial charge in [0.15, 0.2) is 5.82 Å². The molecule has 2 aromatic carbocycles. The molecule has 0 bridgehead atoms. The molecule has 100 valence electrons. The number of nitrogens with one attached hydrogen (secondary N) is 1.